The van der Waals surface area contributed by atoms with E-state index in [0.29, 0.717) is 6.04 Å². The predicted molar refractivity (Wildman–Crippen MR) is 154 cm³/mol. The van der Waals surface area contributed by atoms with Gasteiger partial charge in [0.05, 0.1) is 13.3 Å². The zero-order valence-corrected chi connectivity index (χ0v) is 23.7. The SMILES string of the molecule is Cc1cc(C)c(N2C=CN(CCN(CCN3C=CN(c4c(C)cc(C)cc4C)C3)C(C)C)C2)c(C)c1. The molecule has 2 aliphatic rings. The van der Waals surface area contributed by atoms with Gasteiger partial charge in [0.25, 0.3) is 0 Å². The molecule has 5 heteroatoms. The molecule has 0 bridgehead atoms. The lowest BCUT2D eigenvalue weighted by molar-refractivity contribution is 0.183. The standard InChI is InChI=1S/C31H45N5/c1-23(2)34(13-9-32-11-15-35(21-32)30-26(5)17-24(3)18-27(30)6)14-10-33-12-16-36(22-33)31-28(7)19-25(4)20-29(31)8/h11-12,15-20,23H,9-10,13-14,21-22H2,1-8H3. The minimum absolute atomic E-state index is 0.526. The highest BCUT2D eigenvalue weighted by atomic mass is 15.4. The number of rotatable bonds is 9. The maximum atomic E-state index is 2.61. The molecule has 2 heterocycles. The van der Waals surface area contributed by atoms with Gasteiger partial charge in [-0.3, -0.25) is 4.90 Å². The van der Waals surface area contributed by atoms with Crippen molar-refractivity contribution in [2.24, 2.45) is 0 Å². The molecule has 194 valence electrons. The van der Waals surface area contributed by atoms with Gasteiger partial charge in [0.2, 0.25) is 0 Å². The monoisotopic (exact) mass is 487 g/mol. The highest BCUT2D eigenvalue weighted by molar-refractivity contribution is 5.63. The lowest BCUT2D eigenvalue weighted by atomic mass is 10.0. The first-order chi connectivity index (χ1) is 17.1. The summed E-state index contributed by atoms with van der Waals surface area (Å²) in [7, 11) is 0. The lowest BCUT2D eigenvalue weighted by Crippen LogP contribution is -2.42. The van der Waals surface area contributed by atoms with Crippen molar-refractivity contribution in [2.75, 3.05) is 49.3 Å². The van der Waals surface area contributed by atoms with Crippen molar-refractivity contribution in [1.82, 2.24) is 14.7 Å². The summed E-state index contributed by atoms with van der Waals surface area (Å²) in [5.74, 6) is 0. The molecule has 0 aromatic heterocycles. The Morgan fingerprint density at radius 2 is 0.972 bits per heavy atom. The van der Waals surface area contributed by atoms with Crippen molar-refractivity contribution in [3.05, 3.63) is 82.4 Å². The van der Waals surface area contributed by atoms with Gasteiger partial charge in [-0.05, 0) is 77.6 Å². The molecule has 0 fully saturated rings. The van der Waals surface area contributed by atoms with Crippen LogP contribution in [-0.2, 0) is 0 Å². The average molecular weight is 488 g/mol. The van der Waals surface area contributed by atoms with E-state index in [9.17, 15) is 0 Å². The molecule has 4 rings (SSSR count). The maximum Gasteiger partial charge on any atom is 0.0942 e. The molecule has 0 spiro atoms. The van der Waals surface area contributed by atoms with E-state index in [-0.39, 0.29) is 0 Å². The van der Waals surface area contributed by atoms with E-state index in [1.165, 1.54) is 44.8 Å². The molecular formula is C31H45N5. The first-order valence-corrected chi connectivity index (χ1v) is 13.4. The molecule has 0 radical (unpaired) electrons. The molecule has 0 aliphatic carbocycles. The molecule has 36 heavy (non-hydrogen) atoms. The Kier molecular flexibility index (Phi) is 7.99. The second-order valence-corrected chi connectivity index (χ2v) is 11.1. The van der Waals surface area contributed by atoms with E-state index in [1.807, 2.05) is 0 Å². The summed E-state index contributed by atoms with van der Waals surface area (Å²) >= 11 is 0. The topological polar surface area (TPSA) is 16.2 Å². The van der Waals surface area contributed by atoms with E-state index in [4.69, 9.17) is 0 Å². The Labute approximate surface area is 219 Å². The average Bonchev–Trinajstić information content (AvgIpc) is 3.42. The zero-order valence-electron chi connectivity index (χ0n) is 23.7. The number of hydrogen-bond acceptors (Lipinski definition) is 5. The molecule has 2 aromatic rings. The second kappa shape index (κ2) is 11.0. The van der Waals surface area contributed by atoms with E-state index < -0.39 is 0 Å². The summed E-state index contributed by atoms with van der Waals surface area (Å²) in [6, 6.07) is 9.67. The molecular weight excluding hydrogens is 442 g/mol. The van der Waals surface area contributed by atoms with Gasteiger partial charge in [-0.25, -0.2) is 0 Å². The van der Waals surface area contributed by atoms with Gasteiger partial charge >= 0.3 is 0 Å². The van der Waals surface area contributed by atoms with Gasteiger partial charge in [-0.15, -0.1) is 0 Å². The van der Waals surface area contributed by atoms with Crippen LogP contribution in [0, 0.1) is 41.5 Å². The van der Waals surface area contributed by atoms with Crippen LogP contribution in [0.5, 0.6) is 0 Å². The van der Waals surface area contributed by atoms with Crippen LogP contribution in [0.2, 0.25) is 0 Å². The maximum absolute atomic E-state index is 2.61. The van der Waals surface area contributed by atoms with Crippen LogP contribution in [0.4, 0.5) is 11.4 Å². The van der Waals surface area contributed by atoms with Crippen LogP contribution < -0.4 is 9.80 Å². The Morgan fingerprint density at radius 1 is 0.611 bits per heavy atom. The minimum atomic E-state index is 0.526. The molecule has 0 saturated carbocycles. The fourth-order valence-corrected chi connectivity index (χ4v) is 5.90. The van der Waals surface area contributed by atoms with Gasteiger partial charge in [-0.2, -0.15) is 0 Å². The van der Waals surface area contributed by atoms with Crippen LogP contribution >= 0.6 is 0 Å². The van der Waals surface area contributed by atoms with Gasteiger partial charge < -0.3 is 19.6 Å². The third-order valence-electron chi connectivity index (χ3n) is 7.51. The van der Waals surface area contributed by atoms with Crippen molar-refractivity contribution in [3.63, 3.8) is 0 Å². The molecule has 2 aromatic carbocycles. The van der Waals surface area contributed by atoms with Crippen molar-refractivity contribution >= 4 is 11.4 Å². The van der Waals surface area contributed by atoms with Gasteiger partial charge in [0.1, 0.15) is 0 Å². The Bertz CT molecular complexity index is 1000. The summed E-state index contributed by atoms with van der Waals surface area (Å²) < 4.78 is 0. The third-order valence-corrected chi connectivity index (χ3v) is 7.51. The first-order valence-electron chi connectivity index (χ1n) is 13.4. The molecule has 0 atom stereocenters. The minimum Gasteiger partial charge on any atom is -0.357 e. The number of nitrogens with zero attached hydrogens (tertiary/aromatic N) is 5. The summed E-state index contributed by atoms with van der Waals surface area (Å²) in [6.45, 7) is 24.0. The predicted octanol–water partition coefficient (Wildman–Crippen LogP) is 6.05. The number of hydrogen-bond donors (Lipinski definition) is 0. The zero-order chi connectivity index (χ0) is 26.0. The Balaban J connectivity index is 1.28. The van der Waals surface area contributed by atoms with Crippen LogP contribution in [0.1, 0.15) is 47.2 Å². The van der Waals surface area contributed by atoms with Crippen molar-refractivity contribution in [2.45, 2.75) is 61.4 Å². The van der Waals surface area contributed by atoms with Gasteiger partial charge in [-0.1, -0.05) is 35.4 Å². The van der Waals surface area contributed by atoms with Crippen LogP contribution in [0.15, 0.2) is 49.1 Å². The van der Waals surface area contributed by atoms with Crippen molar-refractivity contribution < 1.29 is 0 Å². The quantitative estimate of drug-likeness (QED) is 0.427. The normalized spacial score (nSPS) is 15.5. The molecule has 0 saturated heterocycles. The lowest BCUT2D eigenvalue weighted by Gasteiger charge is -2.31. The largest absolute Gasteiger partial charge is 0.357 e. The number of anilines is 2. The molecule has 0 amide bonds. The number of benzene rings is 2. The second-order valence-electron chi connectivity index (χ2n) is 11.1. The third kappa shape index (κ3) is 5.89. The molecule has 0 N–H and O–H groups in total. The van der Waals surface area contributed by atoms with Crippen LogP contribution in [0.25, 0.3) is 0 Å². The molecule has 5 nitrogen and oxygen atoms in total. The van der Waals surface area contributed by atoms with Crippen molar-refractivity contribution in [1.29, 1.82) is 0 Å². The van der Waals surface area contributed by atoms with E-state index in [0.717, 1.165) is 39.5 Å². The Hall–Kier alpha value is -2.92. The fourth-order valence-electron chi connectivity index (χ4n) is 5.90. The first kappa shape index (κ1) is 26.2. The smallest absolute Gasteiger partial charge is 0.0942 e. The molecule has 0 unspecified atom stereocenters. The van der Waals surface area contributed by atoms with Gasteiger partial charge in [0, 0.05) is 68.4 Å². The van der Waals surface area contributed by atoms with Crippen LogP contribution in [0.3, 0.4) is 0 Å². The van der Waals surface area contributed by atoms with E-state index in [2.05, 4.69) is 129 Å². The highest BCUT2D eigenvalue weighted by Gasteiger charge is 2.21. The molecule has 2 aliphatic heterocycles. The van der Waals surface area contributed by atoms with Crippen molar-refractivity contribution in [3.8, 4) is 0 Å². The Morgan fingerprint density at radius 3 is 1.31 bits per heavy atom. The van der Waals surface area contributed by atoms with E-state index >= 15 is 0 Å². The summed E-state index contributed by atoms with van der Waals surface area (Å²) in [6.07, 6.45) is 8.99. The highest BCUT2D eigenvalue weighted by Crippen LogP contribution is 2.30. The van der Waals surface area contributed by atoms with Crippen LogP contribution in [-0.4, -0.2) is 60.3 Å². The summed E-state index contributed by atoms with van der Waals surface area (Å²) in [5.41, 5.74) is 10.8. The number of aryl methyl sites for hydroxylation is 6. The summed E-state index contributed by atoms with van der Waals surface area (Å²) in [4.78, 5) is 12.3. The summed E-state index contributed by atoms with van der Waals surface area (Å²) in [5, 5.41) is 0. The fraction of sp³-hybridized carbons (Fsp3) is 0.484. The van der Waals surface area contributed by atoms with Gasteiger partial charge in [0.15, 0.2) is 0 Å². The van der Waals surface area contributed by atoms with E-state index in [1.54, 1.807) is 0 Å².